The zero-order chi connectivity index (χ0) is 16.4. The maximum Gasteiger partial charge on any atom is 0.202 e. The van der Waals surface area contributed by atoms with E-state index in [1.807, 2.05) is 41.0 Å². The lowest BCUT2D eigenvalue weighted by Gasteiger charge is -2.08. The minimum Gasteiger partial charge on any atom is -0.461 e. The molecule has 6 nitrogen and oxygen atoms in total. The van der Waals surface area contributed by atoms with Gasteiger partial charge in [-0.3, -0.25) is 4.57 Å². The maximum atomic E-state index is 5.31. The van der Waals surface area contributed by atoms with Crippen molar-refractivity contribution in [3.63, 3.8) is 0 Å². The Morgan fingerprint density at radius 1 is 1.12 bits per heavy atom. The van der Waals surface area contributed by atoms with E-state index in [0.29, 0.717) is 17.3 Å². The first kappa shape index (κ1) is 14.8. The number of thioether (sulfide) groups is 1. The van der Waals surface area contributed by atoms with Crippen molar-refractivity contribution in [1.29, 1.82) is 0 Å². The van der Waals surface area contributed by atoms with Gasteiger partial charge in [-0.1, -0.05) is 35.1 Å². The van der Waals surface area contributed by atoms with E-state index in [0.717, 1.165) is 16.5 Å². The lowest BCUT2D eigenvalue weighted by molar-refractivity contribution is 0.413. The van der Waals surface area contributed by atoms with E-state index in [9.17, 15) is 0 Å². The third kappa shape index (κ3) is 2.85. The Kier molecular flexibility index (Phi) is 3.92. The summed E-state index contributed by atoms with van der Waals surface area (Å²) in [4.78, 5) is 0. The number of aromatic nitrogens is 4. The van der Waals surface area contributed by atoms with E-state index in [1.54, 1.807) is 24.4 Å². The minimum atomic E-state index is 0.621. The number of nitrogens with zero attached hydrogens (tertiary/aromatic N) is 4. The topological polar surface area (TPSA) is 69.9 Å². The van der Waals surface area contributed by atoms with Crippen LogP contribution in [0, 0.1) is 6.92 Å². The molecule has 120 valence electrons. The highest BCUT2D eigenvalue weighted by Crippen LogP contribution is 2.27. The Hall–Kier alpha value is -2.80. The van der Waals surface area contributed by atoms with Crippen LogP contribution in [0.1, 0.15) is 11.3 Å². The monoisotopic (exact) mass is 338 g/mol. The van der Waals surface area contributed by atoms with Crippen LogP contribution in [0.2, 0.25) is 0 Å². The molecule has 4 aromatic rings. The van der Waals surface area contributed by atoms with Crippen LogP contribution in [-0.4, -0.2) is 19.9 Å². The van der Waals surface area contributed by atoms with Crippen molar-refractivity contribution in [2.45, 2.75) is 17.8 Å². The van der Waals surface area contributed by atoms with Crippen molar-refractivity contribution in [2.24, 2.45) is 0 Å². The normalized spacial score (nSPS) is 11.0. The Morgan fingerprint density at radius 3 is 2.88 bits per heavy atom. The van der Waals surface area contributed by atoms with Gasteiger partial charge in [0.25, 0.3) is 0 Å². The largest absolute Gasteiger partial charge is 0.461 e. The molecule has 0 unspecified atom stereocenters. The molecule has 0 saturated heterocycles. The molecule has 0 radical (unpaired) electrons. The standard InChI is InChI=1S/C17H14N4O2S/c1-12-5-2-3-6-14(12)21-11-18-19-17(21)24-10-13-9-16(23-20-13)15-7-4-8-22-15/h2-9,11H,10H2,1H3. The van der Waals surface area contributed by atoms with Crippen LogP contribution in [0.3, 0.4) is 0 Å². The molecule has 0 N–H and O–H groups in total. The summed E-state index contributed by atoms with van der Waals surface area (Å²) in [6, 6.07) is 13.7. The number of benzene rings is 1. The van der Waals surface area contributed by atoms with E-state index in [4.69, 9.17) is 8.94 Å². The SMILES string of the molecule is Cc1ccccc1-n1cnnc1SCc1cc(-c2ccco2)on1. The van der Waals surface area contributed by atoms with Gasteiger partial charge in [0.1, 0.15) is 6.33 Å². The Labute approximate surface area is 142 Å². The number of hydrogen-bond acceptors (Lipinski definition) is 6. The zero-order valence-corrected chi connectivity index (χ0v) is 13.7. The second kappa shape index (κ2) is 6.37. The van der Waals surface area contributed by atoms with Crippen LogP contribution < -0.4 is 0 Å². The molecule has 1 aromatic carbocycles. The minimum absolute atomic E-state index is 0.621. The molecular formula is C17H14N4O2S. The van der Waals surface area contributed by atoms with Crippen LogP contribution >= 0.6 is 11.8 Å². The van der Waals surface area contributed by atoms with Crippen LogP contribution in [-0.2, 0) is 5.75 Å². The lowest BCUT2D eigenvalue weighted by atomic mass is 10.2. The summed E-state index contributed by atoms with van der Waals surface area (Å²) in [6.07, 6.45) is 3.33. The van der Waals surface area contributed by atoms with Crippen LogP contribution in [0.5, 0.6) is 0 Å². The molecular weight excluding hydrogens is 324 g/mol. The first-order valence-electron chi connectivity index (χ1n) is 7.39. The molecule has 0 aliphatic carbocycles. The summed E-state index contributed by atoms with van der Waals surface area (Å²) in [5.41, 5.74) is 3.06. The van der Waals surface area contributed by atoms with Gasteiger partial charge in [-0.05, 0) is 30.7 Å². The second-order valence-corrected chi connectivity index (χ2v) is 6.16. The van der Waals surface area contributed by atoms with Crippen molar-refractivity contribution in [3.8, 4) is 17.2 Å². The van der Waals surface area contributed by atoms with Gasteiger partial charge in [0, 0.05) is 11.8 Å². The summed E-state index contributed by atoms with van der Waals surface area (Å²) in [5, 5.41) is 13.1. The van der Waals surface area contributed by atoms with E-state index < -0.39 is 0 Å². The number of furan rings is 1. The van der Waals surface area contributed by atoms with Crippen molar-refractivity contribution in [3.05, 3.63) is 66.3 Å². The van der Waals surface area contributed by atoms with Gasteiger partial charge in [0.05, 0.1) is 17.6 Å². The highest BCUT2D eigenvalue weighted by atomic mass is 32.2. The van der Waals surface area contributed by atoms with E-state index in [1.165, 1.54) is 5.56 Å². The second-order valence-electron chi connectivity index (χ2n) is 5.22. The fourth-order valence-electron chi connectivity index (χ4n) is 2.38. The predicted molar refractivity (Wildman–Crippen MR) is 89.9 cm³/mol. The van der Waals surface area contributed by atoms with Gasteiger partial charge < -0.3 is 8.94 Å². The van der Waals surface area contributed by atoms with Crippen LogP contribution in [0.25, 0.3) is 17.2 Å². The number of hydrogen-bond donors (Lipinski definition) is 0. The molecule has 0 fully saturated rings. The van der Waals surface area contributed by atoms with Crippen molar-refractivity contribution < 1.29 is 8.94 Å². The van der Waals surface area contributed by atoms with Gasteiger partial charge in [0.2, 0.25) is 5.76 Å². The predicted octanol–water partition coefficient (Wildman–Crippen LogP) is 4.12. The van der Waals surface area contributed by atoms with Gasteiger partial charge in [-0.2, -0.15) is 0 Å². The fraction of sp³-hybridized carbons (Fsp3) is 0.118. The van der Waals surface area contributed by atoms with E-state index >= 15 is 0 Å². The van der Waals surface area contributed by atoms with E-state index in [-0.39, 0.29) is 0 Å². The molecule has 0 amide bonds. The summed E-state index contributed by atoms with van der Waals surface area (Å²) in [7, 11) is 0. The first-order chi connectivity index (χ1) is 11.8. The van der Waals surface area contributed by atoms with Crippen molar-refractivity contribution >= 4 is 11.8 Å². The number of aryl methyl sites for hydroxylation is 1. The molecule has 4 rings (SSSR count). The molecule has 3 aromatic heterocycles. The average Bonchev–Trinajstić information content (AvgIpc) is 3.34. The highest BCUT2D eigenvalue weighted by Gasteiger charge is 2.12. The third-order valence-electron chi connectivity index (χ3n) is 3.56. The molecule has 0 aliphatic rings. The third-order valence-corrected chi connectivity index (χ3v) is 4.54. The Bertz CT molecular complexity index is 943. The van der Waals surface area contributed by atoms with Crippen LogP contribution in [0.4, 0.5) is 0 Å². The highest BCUT2D eigenvalue weighted by molar-refractivity contribution is 7.98. The molecule has 24 heavy (non-hydrogen) atoms. The zero-order valence-electron chi connectivity index (χ0n) is 12.9. The van der Waals surface area contributed by atoms with Crippen LogP contribution in [0.15, 0.2) is 69.2 Å². The summed E-state index contributed by atoms with van der Waals surface area (Å²) in [5.74, 6) is 1.92. The quantitative estimate of drug-likeness (QED) is 0.510. The fourth-order valence-corrected chi connectivity index (χ4v) is 3.18. The van der Waals surface area contributed by atoms with Gasteiger partial charge in [-0.15, -0.1) is 10.2 Å². The summed E-state index contributed by atoms with van der Waals surface area (Å²) in [6.45, 7) is 2.07. The summed E-state index contributed by atoms with van der Waals surface area (Å²) < 4.78 is 12.6. The number of rotatable bonds is 5. The molecule has 0 saturated carbocycles. The molecule has 7 heteroatoms. The van der Waals surface area contributed by atoms with Crippen molar-refractivity contribution in [2.75, 3.05) is 0 Å². The Morgan fingerprint density at radius 2 is 2.04 bits per heavy atom. The van der Waals surface area contributed by atoms with E-state index in [2.05, 4.69) is 28.3 Å². The molecule has 0 spiro atoms. The molecule has 0 atom stereocenters. The Balaban J connectivity index is 1.52. The molecule has 0 aliphatic heterocycles. The van der Waals surface area contributed by atoms with Crippen molar-refractivity contribution in [1.82, 2.24) is 19.9 Å². The lowest BCUT2D eigenvalue weighted by Crippen LogP contribution is -1.97. The summed E-state index contributed by atoms with van der Waals surface area (Å²) >= 11 is 1.56. The number of para-hydroxylation sites is 1. The van der Waals surface area contributed by atoms with Gasteiger partial charge >= 0.3 is 0 Å². The van der Waals surface area contributed by atoms with Gasteiger partial charge in [-0.25, -0.2) is 0 Å². The maximum absolute atomic E-state index is 5.31. The first-order valence-corrected chi connectivity index (χ1v) is 8.38. The smallest absolute Gasteiger partial charge is 0.202 e. The average molecular weight is 338 g/mol. The van der Waals surface area contributed by atoms with Gasteiger partial charge in [0.15, 0.2) is 10.9 Å². The molecule has 3 heterocycles. The molecule has 0 bridgehead atoms.